The quantitative estimate of drug-likeness (QED) is 0.651. The van der Waals surface area contributed by atoms with Crippen LogP contribution in [0.25, 0.3) is 0 Å². The number of nitrogens with one attached hydrogen (secondary N) is 1. The molecule has 1 amide bonds. The summed E-state index contributed by atoms with van der Waals surface area (Å²) in [6.07, 6.45) is 0.560. The van der Waals surface area contributed by atoms with Gasteiger partial charge in [-0.25, -0.2) is 0 Å². The Morgan fingerprint density at radius 3 is 3.11 bits per heavy atom. The summed E-state index contributed by atoms with van der Waals surface area (Å²) in [6.45, 7) is 2.13. The van der Waals surface area contributed by atoms with E-state index in [0.717, 1.165) is 14.8 Å². The van der Waals surface area contributed by atoms with Crippen molar-refractivity contribution in [2.24, 2.45) is 5.92 Å². The molecule has 1 aliphatic heterocycles. The smallest absolute Gasteiger partial charge is 0.310 e. The molecule has 0 bridgehead atoms. The molecule has 0 aromatic heterocycles. The van der Waals surface area contributed by atoms with Crippen molar-refractivity contribution in [3.8, 4) is 0 Å². The maximum Gasteiger partial charge on any atom is 0.310 e. The van der Waals surface area contributed by atoms with E-state index in [0.29, 0.717) is 13.0 Å². The van der Waals surface area contributed by atoms with Crippen LogP contribution in [-0.2, 0) is 19.7 Å². The summed E-state index contributed by atoms with van der Waals surface area (Å²) in [5, 5.41) is 2.85. The van der Waals surface area contributed by atoms with Crippen molar-refractivity contribution in [1.29, 1.82) is 0 Å². The molecule has 2 aliphatic rings. The van der Waals surface area contributed by atoms with Crippen molar-refractivity contribution in [2.45, 2.75) is 18.8 Å². The predicted octanol–water partition coefficient (Wildman–Crippen LogP) is 2.06. The number of fused-ring (bicyclic) bond motifs is 2. The SMILES string of the molecule is CCOC(=O)[C@H]1C[C@]12C(=O)Nc1ccc(I)cc12. The maximum atomic E-state index is 12.1. The number of amides is 1. The van der Waals surface area contributed by atoms with Gasteiger partial charge < -0.3 is 10.1 Å². The topological polar surface area (TPSA) is 55.4 Å². The first-order valence-electron chi connectivity index (χ1n) is 5.87. The van der Waals surface area contributed by atoms with Gasteiger partial charge in [-0.15, -0.1) is 0 Å². The lowest BCUT2D eigenvalue weighted by Crippen LogP contribution is -2.25. The van der Waals surface area contributed by atoms with Crippen molar-refractivity contribution < 1.29 is 14.3 Å². The highest BCUT2D eigenvalue weighted by Crippen LogP contribution is 2.60. The van der Waals surface area contributed by atoms with E-state index in [1.807, 2.05) is 18.2 Å². The molecular formula is C13H12INO3. The molecular weight excluding hydrogens is 345 g/mol. The van der Waals surface area contributed by atoms with E-state index in [1.165, 1.54) is 0 Å². The molecule has 1 fully saturated rings. The number of carbonyl (C=O) groups excluding carboxylic acids is 2. The summed E-state index contributed by atoms with van der Waals surface area (Å²) in [5.41, 5.74) is 1.10. The highest BCUT2D eigenvalue weighted by molar-refractivity contribution is 14.1. The zero-order valence-electron chi connectivity index (χ0n) is 9.83. The summed E-state index contributed by atoms with van der Waals surface area (Å²) in [6, 6.07) is 5.82. The molecule has 1 aromatic carbocycles. The molecule has 2 atom stereocenters. The number of hydrogen-bond acceptors (Lipinski definition) is 3. The van der Waals surface area contributed by atoms with Gasteiger partial charge in [-0.1, -0.05) is 0 Å². The molecule has 0 radical (unpaired) electrons. The number of esters is 1. The van der Waals surface area contributed by atoms with Crippen LogP contribution in [0.4, 0.5) is 5.69 Å². The van der Waals surface area contributed by atoms with Crippen LogP contribution in [0.2, 0.25) is 0 Å². The third-order valence-electron chi connectivity index (χ3n) is 3.65. The lowest BCUT2D eigenvalue weighted by Gasteiger charge is -2.08. The van der Waals surface area contributed by atoms with Crippen molar-refractivity contribution >= 4 is 40.2 Å². The minimum absolute atomic E-state index is 0.0717. The molecule has 1 heterocycles. The average molecular weight is 357 g/mol. The summed E-state index contributed by atoms with van der Waals surface area (Å²) >= 11 is 2.21. The molecule has 0 saturated heterocycles. The monoisotopic (exact) mass is 357 g/mol. The predicted molar refractivity (Wildman–Crippen MR) is 74.2 cm³/mol. The molecule has 1 N–H and O–H groups in total. The summed E-state index contributed by atoms with van der Waals surface area (Å²) in [7, 11) is 0. The Labute approximate surface area is 118 Å². The molecule has 94 valence electrons. The van der Waals surface area contributed by atoms with Gasteiger partial charge in [0.1, 0.15) is 0 Å². The Morgan fingerprint density at radius 2 is 2.39 bits per heavy atom. The van der Waals surface area contributed by atoms with Gasteiger partial charge in [-0.05, 0) is 59.7 Å². The summed E-state index contributed by atoms with van der Waals surface area (Å²) in [4.78, 5) is 23.9. The van der Waals surface area contributed by atoms with E-state index in [-0.39, 0.29) is 17.8 Å². The highest BCUT2D eigenvalue weighted by atomic mass is 127. The lowest BCUT2D eigenvalue weighted by atomic mass is 9.95. The van der Waals surface area contributed by atoms with E-state index in [4.69, 9.17) is 4.74 Å². The molecule has 3 rings (SSSR count). The van der Waals surface area contributed by atoms with E-state index in [9.17, 15) is 9.59 Å². The van der Waals surface area contributed by atoms with Gasteiger partial charge >= 0.3 is 5.97 Å². The van der Waals surface area contributed by atoms with Crippen LogP contribution in [0.1, 0.15) is 18.9 Å². The normalized spacial score (nSPS) is 27.9. The first-order valence-corrected chi connectivity index (χ1v) is 6.95. The fourth-order valence-electron chi connectivity index (χ4n) is 2.69. The fraction of sp³-hybridized carbons (Fsp3) is 0.385. The van der Waals surface area contributed by atoms with Crippen LogP contribution in [-0.4, -0.2) is 18.5 Å². The second-order valence-corrected chi connectivity index (χ2v) is 5.87. The van der Waals surface area contributed by atoms with Crippen LogP contribution in [0.5, 0.6) is 0 Å². The number of rotatable bonds is 2. The minimum atomic E-state index is -0.664. The summed E-state index contributed by atoms with van der Waals surface area (Å²) in [5.74, 6) is -0.659. The molecule has 0 unspecified atom stereocenters. The standard InChI is InChI=1S/C13H12INO3/c1-2-18-11(16)9-6-13(9)8-5-7(14)3-4-10(8)15-12(13)17/h3-5,9H,2,6H2,1H3,(H,15,17)/t9-,13-/m1/s1. The molecule has 4 nitrogen and oxygen atoms in total. The van der Waals surface area contributed by atoms with Gasteiger partial charge in [0, 0.05) is 9.26 Å². The van der Waals surface area contributed by atoms with Gasteiger partial charge in [0.05, 0.1) is 17.9 Å². The molecule has 1 aromatic rings. The first-order chi connectivity index (χ1) is 8.59. The van der Waals surface area contributed by atoms with Gasteiger partial charge in [0.25, 0.3) is 0 Å². The van der Waals surface area contributed by atoms with E-state index in [2.05, 4.69) is 27.9 Å². The van der Waals surface area contributed by atoms with Crippen LogP contribution in [0.3, 0.4) is 0 Å². The van der Waals surface area contributed by atoms with Gasteiger partial charge in [-0.3, -0.25) is 9.59 Å². The Balaban J connectivity index is 1.99. The number of halogens is 1. The Hall–Kier alpha value is -1.11. The largest absolute Gasteiger partial charge is 0.466 e. The van der Waals surface area contributed by atoms with E-state index in [1.54, 1.807) is 6.92 Å². The van der Waals surface area contributed by atoms with Crippen LogP contribution in [0.15, 0.2) is 18.2 Å². The highest BCUT2D eigenvalue weighted by Gasteiger charge is 2.68. The second kappa shape index (κ2) is 3.94. The number of ether oxygens (including phenoxy) is 1. The summed E-state index contributed by atoms with van der Waals surface area (Å²) < 4.78 is 6.09. The second-order valence-electron chi connectivity index (χ2n) is 4.62. The number of anilines is 1. The molecule has 1 aliphatic carbocycles. The van der Waals surface area contributed by atoms with Gasteiger partial charge in [-0.2, -0.15) is 0 Å². The van der Waals surface area contributed by atoms with Crippen molar-refractivity contribution in [1.82, 2.24) is 0 Å². The molecule has 1 saturated carbocycles. The van der Waals surface area contributed by atoms with Crippen molar-refractivity contribution in [2.75, 3.05) is 11.9 Å². The number of carbonyl (C=O) groups is 2. The number of hydrogen-bond donors (Lipinski definition) is 1. The minimum Gasteiger partial charge on any atom is -0.466 e. The maximum absolute atomic E-state index is 12.1. The third-order valence-corrected chi connectivity index (χ3v) is 4.32. The number of benzene rings is 1. The molecule has 1 spiro atoms. The van der Waals surface area contributed by atoms with E-state index >= 15 is 0 Å². The first kappa shape index (κ1) is 12.0. The third kappa shape index (κ3) is 1.49. The van der Waals surface area contributed by atoms with Gasteiger partial charge in [0.15, 0.2) is 0 Å². The van der Waals surface area contributed by atoms with Crippen LogP contribution >= 0.6 is 22.6 Å². The van der Waals surface area contributed by atoms with Crippen LogP contribution < -0.4 is 5.32 Å². The zero-order valence-corrected chi connectivity index (χ0v) is 12.0. The van der Waals surface area contributed by atoms with Crippen molar-refractivity contribution in [3.63, 3.8) is 0 Å². The molecule has 18 heavy (non-hydrogen) atoms. The lowest BCUT2D eigenvalue weighted by molar-refractivity contribution is -0.146. The fourth-order valence-corrected chi connectivity index (χ4v) is 3.18. The van der Waals surface area contributed by atoms with Gasteiger partial charge in [0.2, 0.25) is 5.91 Å². The zero-order chi connectivity index (χ0) is 12.9. The van der Waals surface area contributed by atoms with Crippen LogP contribution in [0, 0.1) is 9.49 Å². The Morgan fingerprint density at radius 1 is 1.61 bits per heavy atom. The average Bonchev–Trinajstić information content (AvgIpc) is 3.02. The van der Waals surface area contributed by atoms with E-state index < -0.39 is 5.41 Å². The Kier molecular flexibility index (Phi) is 2.62. The van der Waals surface area contributed by atoms with Crippen molar-refractivity contribution in [3.05, 3.63) is 27.3 Å². The molecule has 5 heteroatoms. The Bertz CT molecular complexity index is 557.